The number of nitrogens with two attached hydrogens (primary N) is 1. The third kappa shape index (κ3) is 2.44. The molecule has 1 aromatic heterocycles. The van der Waals surface area contributed by atoms with Gasteiger partial charge in [0, 0.05) is 13.2 Å². The van der Waals surface area contributed by atoms with Gasteiger partial charge in [0.05, 0.1) is 6.04 Å². The van der Waals surface area contributed by atoms with Gasteiger partial charge >= 0.3 is 0 Å². The largest absolute Gasteiger partial charge is 0.318 e. The molecule has 0 saturated carbocycles. The van der Waals surface area contributed by atoms with E-state index in [0.29, 0.717) is 0 Å². The van der Waals surface area contributed by atoms with Crippen LogP contribution in [0.4, 0.5) is 0 Å². The second kappa shape index (κ2) is 3.22. The fourth-order valence-electron chi connectivity index (χ4n) is 0.670. The second-order valence-corrected chi connectivity index (χ2v) is 2.43. The molecule has 0 amide bonds. The van der Waals surface area contributed by atoms with Crippen LogP contribution in [0.1, 0.15) is 12.6 Å². The standard InChI is InChI=1S/C8H11N3/c1-7(9)3-4-8-5-6-11(2)10-8/h5-7H,9H2,1-2H3. The van der Waals surface area contributed by atoms with Crippen molar-refractivity contribution in [3.63, 3.8) is 0 Å². The lowest BCUT2D eigenvalue weighted by Gasteiger charge is -1.86. The molecule has 11 heavy (non-hydrogen) atoms. The summed E-state index contributed by atoms with van der Waals surface area (Å²) in [7, 11) is 1.86. The van der Waals surface area contributed by atoms with Gasteiger partial charge in [-0.1, -0.05) is 5.92 Å². The second-order valence-electron chi connectivity index (χ2n) is 2.43. The fraction of sp³-hybridized carbons (Fsp3) is 0.375. The molecule has 3 nitrogen and oxygen atoms in total. The van der Waals surface area contributed by atoms with Gasteiger partial charge in [-0.05, 0) is 18.9 Å². The average Bonchev–Trinajstić information content (AvgIpc) is 2.31. The maximum absolute atomic E-state index is 5.44. The number of hydrogen-bond donors (Lipinski definition) is 1. The zero-order valence-corrected chi connectivity index (χ0v) is 6.70. The van der Waals surface area contributed by atoms with Crippen molar-refractivity contribution in [2.24, 2.45) is 12.8 Å². The van der Waals surface area contributed by atoms with Gasteiger partial charge < -0.3 is 5.73 Å². The smallest absolute Gasteiger partial charge is 0.135 e. The summed E-state index contributed by atoms with van der Waals surface area (Å²) in [6, 6.07) is 1.77. The highest BCUT2D eigenvalue weighted by Crippen LogP contribution is 1.89. The van der Waals surface area contributed by atoms with Crippen LogP contribution in [0.3, 0.4) is 0 Å². The first kappa shape index (κ1) is 7.83. The topological polar surface area (TPSA) is 43.8 Å². The van der Waals surface area contributed by atoms with Crippen molar-refractivity contribution in [2.75, 3.05) is 0 Å². The summed E-state index contributed by atoms with van der Waals surface area (Å²) in [6.45, 7) is 1.84. The maximum Gasteiger partial charge on any atom is 0.135 e. The molecular weight excluding hydrogens is 138 g/mol. The Morgan fingerprint density at radius 3 is 2.91 bits per heavy atom. The zero-order chi connectivity index (χ0) is 8.27. The number of rotatable bonds is 0. The van der Waals surface area contributed by atoms with E-state index in [0.717, 1.165) is 5.69 Å². The summed E-state index contributed by atoms with van der Waals surface area (Å²) in [5.74, 6) is 5.68. The Kier molecular flexibility index (Phi) is 2.29. The first-order valence-corrected chi connectivity index (χ1v) is 3.45. The molecule has 0 aliphatic carbocycles. The Morgan fingerprint density at radius 1 is 1.73 bits per heavy atom. The van der Waals surface area contributed by atoms with Crippen LogP contribution >= 0.6 is 0 Å². The molecule has 1 unspecified atom stereocenters. The third-order valence-electron chi connectivity index (χ3n) is 1.14. The minimum absolute atomic E-state index is 0.0861. The molecular formula is C8H11N3. The number of aryl methyl sites for hydroxylation is 1. The summed E-state index contributed by atoms with van der Waals surface area (Å²) in [6.07, 6.45) is 1.85. The van der Waals surface area contributed by atoms with E-state index in [4.69, 9.17) is 5.73 Å². The molecule has 2 N–H and O–H groups in total. The predicted molar refractivity (Wildman–Crippen MR) is 43.7 cm³/mol. The van der Waals surface area contributed by atoms with Crippen molar-refractivity contribution in [3.8, 4) is 11.8 Å². The zero-order valence-electron chi connectivity index (χ0n) is 6.70. The molecule has 0 saturated heterocycles. The van der Waals surface area contributed by atoms with E-state index in [9.17, 15) is 0 Å². The Hall–Kier alpha value is -1.27. The van der Waals surface area contributed by atoms with Crippen LogP contribution in [0.25, 0.3) is 0 Å². The monoisotopic (exact) mass is 149 g/mol. The predicted octanol–water partition coefficient (Wildman–Crippen LogP) is 0.119. The molecule has 3 heteroatoms. The van der Waals surface area contributed by atoms with E-state index in [1.807, 2.05) is 26.2 Å². The molecule has 0 aliphatic rings. The summed E-state index contributed by atoms with van der Waals surface area (Å²) in [4.78, 5) is 0. The molecule has 1 atom stereocenters. The SMILES string of the molecule is CC(N)C#Cc1ccn(C)n1. The van der Waals surface area contributed by atoms with Gasteiger partial charge in [-0.15, -0.1) is 0 Å². The highest BCUT2D eigenvalue weighted by molar-refractivity contribution is 5.27. The van der Waals surface area contributed by atoms with Crippen molar-refractivity contribution in [3.05, 3.63) is 18.0 Å². The number of aromatic nitrogens is 2. The average molecular weight is 149 g/mol. The van der Waals surface area contributed by atoms with Gasteiger partial charge in [0.1, 0.15) is 5.69 Å². The fourth-order valence-corrected chi connectivity index (χ4v) is 0.670. The lowest BCUT2D eigenvalue weighted by Crippen LogP contribution is -2.10. The number of hydrogen-bond acceptors (Lipinski definition) is 2. The lowest BCUT2D eigenvalue weighted by atomic mass is 10.3. The number of nitrogens with zero attached hydrogens (tertiary/aromatic N) is 2. The minimum Gasteiger partial charge on any atom is -0.318 e. The Labute approximate surface area is 66.2 Å². The van der Waals surface area contributed by atoms with Crippen LogP contribution in [0.5, 0.6) is 0 Å². The van der Waals surface area contributed by atoms with Crippen molar-refractivity contribution in [2.45, 2.75) is 13.0 Å². The van der Waals surface area contributed by atoms with Crippen molar-refractivity contribution < 1.29 is 0 Å². The molecule has 0 radical (unpaired) electrons. The van der Waals surface area contributed by atoms with E-state index in [1.54, 1.807) is 4.68 Å². The summed E-state index contributed by atoms with van der Waals surface area (Å²) >= 11 is 0. The van der Waals surface area contributed by atoms with E-state index >= 15 is 0 Å². The van der Waals surface area contributed by atoms with Crippen LogP contribution in [-0.4, -0.2) is 15.8 Å². The van der Waals surface area contributed by atoms with Crippen LogP contribution in [0, 0.1) is 11.8 Å². The van der Waals surface area contributed by atoms with Gasteiger partial charge in [0.15, 0.2) is 0 Å². The normalized spacial score (nSPS) is 11.9. The Balaban J connectivity index is 2.74. The highest BCUT2D eigenvalue weighted by Gasteiger charge is 1.89. The molecule has 1 rings (SSSR count). The highest BCUT2D eigenvalue weighted by atomic mass is 15.2. The molecule has 0 bridgehead atoms. The first-order chi connectivity index (χ1) is 5.18. The van der Waals surface area contributed by atoms with Gasteiger partial charge in [-0.2, -0.15) is 5.10 Å². The van der Waals surface area contributed by atoms with Crippen LogP contribution < -0.4 is 5.73 Å². The van der Waals surface area contributed by atoms with Crippen molar-refractivity contribution in [1.29, 1.82) is 0 Å². The van der Waals surface area contributed by atoms with Crippen LogP contribution in [0.15, 0.2) is 12.3 Å². The van der Waals surface area contributed by atoms with Gasteiger partial charge in [0.25, 0.3) is 0 Å². The molecule has 0 aliphatic heterocycles. The summed E-state index contributed by atoms with van der Waals surface area (Å²) in [5, 5.41) is 4.07. The lowest BCUT2D eigenvalue weighted by molar-refractivity contribution is 0.763. The van der Waals surface area contributed by atoms with E-state index in [-0.39, 0.29) is 6.04 Å². The van der Waals surface area contributed by atoms with Crippen LogP contribution in [0.2, 0.25) is 0 Å². The Bertz CT molecular complexity index is 288. The Morgan fingerprint density at radius 2 is 2.45 bits per heavy atom. The van der Waals surface area contributed by atoms with Gasteiger partial charge in [-0.3, -0.25) is 4.68 Å². The molecule has 1 aromatic rings. The van der Waals surface area contributed by atoms with Gasteiger partial charge in [-0.25, -0.2) is 0 Å². The molecule has 0 spiro atoms. The van der Waals surface area contributed by atoms with Gasteiger partial charge in [0.2, 0.25) is 0 Å². The van der Waals surface area contributed by atoms with E-state index in [1.165, 1.54) is 0 Å². The summed E-state index contributed by atoms with van der Waals surface area (Å²) in [5.41, 5.74) is 6.21. The molecule has 58 valence electrons. The maximum atomic E-state index is 5.44. The van der Waals surface area contributed by atoms with Crippen molar-refractivity contribution in [1.82, 2.24) is 9.78 Å². The van der Waals surface area contributed by atoms with Crippen LogP contribution in [-0.2, 0) is 7.05 Å². The van der Waals surface area contributed by atoms with Crippen molar-refractivity contribution >= 4 is 0 Å². The minimum atomic E-state index is -0.0861. The third-order valence-corrected chi connectivity index (χ3v) is 1.14. The molecule has 0 aromatic carbocycles. The molecule has 1 heterocycles. The van der Waals surface area contributed by atoms with E-state index in [2.05, 4.69) is 16.9 Å². The van der Waals surface area contributed by atoms with E-state index < -0.39 is 0 Å². The quantitative estimate of drug-likeness (QED) is 0.532. The molecule has 0 fully saturated rings. The first-order valence-electron chi connectivity index (χ1n) is 3.45. The summed E-state index contributed by atoms with van der Waals surface area (Å²) < 4.78 is 1.71.